The van der Waals surface area contributed by atoms with Crippen LogP contribution >= 0.6 is 0 Å². The first-order valence-corrected chi connectivity index (χ1v) is 10.9. The van der Waals surface area contributed by atoms with E-state index in [0.717, 1.165) is 13.0 Å². The Morgan fingerprint density at radius 3 is 1.90 bits per heavy atom. The summed E-state index contributed by atoms with van der Waals surface area (Å²) in [7, 11) is 0. The van der Waals surface area contributed by atoms with Crippen LogP contribution in [0.15, 0.2) is 24.3 Å². The average Bonchev–Trinajstić information content (AvgIpc) is 2.76. The van der Waals surface area contributed by atoms with Gasteiger partial charge in [0.1, 0.15) is 12.4 Å². The van der Waals surface area contributed by atoms with Crippen LogP contribution in [0.4, 0.5) is 0 Å². The summed E-state index contributed by atoms with van der Waals surface area (Å²) in [5.41, 5.74) is 0.392. The maximum absolute atomic E-state index is 11.7. The number of esters is 1. The molecule has 30 heavy (non-hydrogen) atoms. The van der Waals surface area contributed by atoms with Crippen LogP contribution in [0.3, 0.4) is 0 Å². The summed E-state index contributed by atoms with van der Waals surface area (Å²) in [6.07, 6.45) is 4.91. The Kier molecular flexibility index (Phi) is 15.9. The van der Waals surface area contributed by atoms with Gasteiger partial charge in [-0.05, 0) is 36.6 Å². The van der Waals surface area contributed by atoms with Gasteiger partial charge in [-0.1, -0.05) is 33.1 Å². The maximum Gasteiger partial charge on any atom is 0.338 e. The van der Waals surface area contributed by atoms with Crippen LogP contribution in [0, 0.1) is 5.92 Å². The number of unbranched alkanes of at least 4 members (excludes halogenated alkanes) is 1. The van der Waals surface area contributed by atoms with E-state index in [1.807, 2.05) is 0 Å². The summed E-state index contributed by atoms with van der Waals surface area (Å²) < 4.78 is 27.0. The fourth-order valence-electron chi connectivity index (χ4n) is 2.68. The van der Waals surface area contributed by atoms with Gasteiger partial charge in [-0.3, -0.25) is 0 Å². The number of benzene rings is 1. The molecule has 7 nitrogen and oxygen atoms in total. The molecule has 0 spiro atoms. The molecule has 0 amide bonds. The Morgan fingerprint density at radius 1 is 0.833 bits per heavy atom. The van der Waals surface area contributed by atoms with Gasteiger partial charge in [0.15, 0.2) is 0 Å². The van der Waals surface area contributed by atoms with Crippen molar-refractivity contribution in [3.8, 4) is 5.75 Å². The van der Waals surface area contributed by atoms with Crippen molar-refractivity contribution >= 4 is 5.97 Å². The van der Waals surface area contributed by atoms with Crippen molar-refractivity contribution in [1.82, 2.24) is 0 Å². The molecule has 0 radical (unpaired) electrons. The van der Waals surface area contributed by atoms with Crippen molar-refractivity contribution in [1.29, 1.82) is 0 Å². The highest BCUT2D eigenvalue weighted by Gasteiger charge is 2.07. The van der Waals surface area contributed by atoms with Gasteiger partial charge in [-0.15, -0.1) is 0 Å². The fourth-order valence-corrected chi connectivity index (χ4v) is 2.68. The zero-order valence-electron chi connectivity index (χ0n) is 18.5. The van der Waals surface area contributed by atoms with Crippen LogP contribution in [0.5, 0.6) is 5.75 Å². The Morgan fingerprint density at radius 2 is 1.37 bits per heavy atom. The minimum absolute atomic E-state index is 0.108. The van der Waals surface area contributed by atoms with Gasteiger partial charge >= 0.3 is 5.97 Å². The van der Waals surface area contributed by atoms with Gasteiger partial charge < -0.3 is 28.8 Å². The van der Waals surface area contributed by atoms with Crippen LogP contribution < -0.4 is 0 Å². The number of ether oxygens (including phenoxy) is 5. The summed E-state index contributed by atoms with van der Waals surface area (Å²) in [6.45, 7) is 8.84. The standard InChI is InChI=1S/C23H38O7/c1-3-5-6-20(4-2)19-29-16-15-27-12-11-26-13-14-28-17-18-30-23(25)21-7-9-22(24)10-8-21/h7-10,20,24H,3-6,11-19H2,1-2H3. The molecule has 0 aliphatic carbocycles. The predicted octanol–water partition coefficient (Wildman–Crippen LogP) is 3.83. The molecule has 0 bridgehead atoms. The van der Waals surface area contributed by atoms with E-state index in [1.165, 1.54) is 43.5 Å². The molecule has 0 heterocycles. The maximum atomic E-state index is 11.7. The monoisotopic (exact) mass is 426 g/mol. The number of carbonyl (C=O) groups excluding carboxylic acids is 1. The van der Waals surface area contributed by atoms with Crippen LogP contribution in [0.25, 0.3) is 0 Å². The van der Waals surface area contributed by atoms with Crippen molar-refractivity contribution in [2.75, 3.05) is 59.5 Å². The van der Waals surface area contributed by atoms with Gasteiger partial charge in [0.2, 0.25) is 0 Å². The van der Waals surface area contributed by atoms with E-state index in [4.69, 9.17) is 23.7 Å². The van der Waals surface area contributed by atoms with E-state index in [1.54, 1.807) is 0 Å². The highest BCUT2D eigenvalue weighted by Crippen LogP contribution is 2.12. The molecule has 0 saturated heterocycles. The van der Waals surface area contributed by atoms with Crippen LogP contribution in [0.1, 0.15) is 49.9 Å². The van der Waals surface area contributed by atoms with Gasteiger partial charge in [0, 0.05) is 6.61 Å². The molecular formula is C23H38O7. The van der Waals surface area contributed by atoms with E-state index >= 15 is 0 Å². The van der Waals surface area contributed by atoms with Crippen LogP contribution in [-0.2, 0) is 23.7 Å². The van der Waals surface area contributed by atoms with E-state index < -0.39 is 5.97 Å². The molecule has 1 aromatic carbocycles. The highest BCUT2D eigenvalue weighted by atomic mass is 16.6. The van der Waals surface area contributed by atoms with Gasteiger partial charge in [0.05, 0.1) is 51.8 Å². The number of carbonyl (C=O) groups is 1. The predicted molar refractivity (Wildman–Crippen MR) is 115 cm³/mol. The molecule has 1 aromatic rings. The molecule has 1 N–H and O–H groups in total. The molecule has 1 unspecified atom stereocenters. The third-order valence-corrected chi connectivity index (χ3v) is 4.58. The Balaban J connectivity index is 1.83. The first-order chi connectivity index (χ1) is 14.7. The average molecular weight is 427 g/mol. The number of phenols is 1. The number of hydrogen-bond donors (Lipinski definition) is 1. The lowest BCUT2D eigenvalue weighted by Gasteiger charge is -2.14. The second-order valence-corrected chi connectivity index (χ2v) is 7.01. The fraction of sp³-hybridized carbons (Fsp3) is 0.696. The van der Waals surface area contributed by atoms with Crippen molar-refractivity contribution in [3.63, 3.8) is 0 Å². The van der Waals surface area contributed by atoms with Crippen molar-refractivity contribution in [2.24, 2.45) is 5.92 Å². The Hall–Kier alpha value is -1.67. The molecule has 1 atom stereocenters. The van der Waals surface area contributed by atoms with Gasteiger partial charge in [-0.2, -0.15) is 0 Å². The molecule has 1 rings (SSSR count). The summed E-state index contributed by atoms with van der Waals surface area (Å²) in [4.78, 5) is 11.7. The smallest absolute Gasteiger partial charge is 0.338 e. The zero-order valence-corrected chi connectivity index (χ0v) is 18.5. The summed E-state index contributed by atoms with van der Waals surface area (Å²) in [6, 6.07) is 5.90. The number of hydrogen-bond acceptors (Lipinski definition) is 7. The van der Waals surface area contributed by atoms with Crippen molar-refractivity contribution < 1.29 is 33.6 Å². The topological polar surface area (TPSA) is 83.5 Å². The van der Waals surface area contributed by atoms with Crippen LogP contribution in [-0.4, -0.2) is 70.5 Å². The third kappa shape index (κ3) is 13.5. The van der Waals surface area contributed by atoms with E-state index in [0.29, 0.717) is 57.7 Å². The molecule has 0 fully saturated rings. The quantitative estimate of drug-likeness (QED) is 0.266. The van der Waals surface area contributed by atoms with E-state index in [2.05, 4.69) is 13.8 Å². The normalized spacial score (nSPS) is 12.1. The summed E-state index contributed by atoms with van der Waals surface area (Å²) in [5, 5.41) is 9.19. The number of rotatable bonds is 19. The van der Waals surface area contributed by atoms with Gasteiger partial charge in [0.25, 0.3) is 0 Å². The minimum Gasteiger partial charge on any atom is -0.508 e. The summed E-state index contributed by atoms with van der Waals surface area (Å²) >= 11 is 0. The molecule has 0 aromatic heterocycles. The molecular weight excluding hydrogens is 388 g/mol. The van der Waals surface area contributed by atoms with Crippen molar-refractivity contribution in [3.05, 3.63) is 29.8 Å². The number of phenolic OH excluding ortho intramolecular Hbond substituents is 1. The lowest BCUT2D eigenvalue weighted by molar-refractivity contribution is -0.0121. The lowest BCUT2D eigenvalue weighted by Crippen LogP contribution is -2.15. The summed E-state index contributed by atoms with van der Waals surface area (Å²) in [5.74, 6) is 0.323. The van der Waals surface area contributed by atoms with Gasteiger partial charge in [-0.25, -0.2) is 4.79 Å². The van der Waals surface area contributed by atoms with E-state index in [-0.39, 0.29) is 12.4 Å². The lowest BCUT2D eigenvalue weighted by atomic mass is 10.0. The van der Waals surface area contributed by atoms with E-state index in [9.17, 15) is 9.90 Å². The molecule has 0 aliphatic heterocycles. The second kappa shape index (κ2) is 18.1. The molecule has 0 saturated carbocycles. The minimum atomic E-state index is -0.442. The van der Waals surface area contributed by atoms with Crippen LogP contribution in [0.2, 0.25) is 0 Å². The third-order valence-electron chi connectivity index (χ3n) is 4.58. The Bertz CT molecular complexity index is 533. The van der Waals surface area contributed by atoms with Crippen molar-refractivity contribution in [2.45, 2.75) is 39.5 Å². The largest absolute Gasteiger partial charge is 0.508 e. The zero-order chi connectivity index (χ0) is 21.9. The first-order valence-electron chi connectivity index (χ1n) is 10.9. The first kappa shape index (κ1) is 26.4. The number of aromatic hydroxyl groups is 1. The molecule has 172 valence electrons. The Labute approximate surface area is 180 Å². The molecule has 0 aliphatic rings. The second-order valence-electron chi connectivity index (χ2n) is 7.01. The molecule has 7 heteroatoms. The SMILES string of the molecule is CCCCC(CC)COCCOCCOCCOCCOC(=O)c1ccc(O)cc1. The highest BCUT2D eigenvalue weighted by molar-refractivity contribution is 5.89.